The molecule has 40 heteroatoms. The zero-order valence-corrected chi connectivity index (χ0v) is 65.4. The minimum atomic E-state index is -2.54. The number of aliphatic hydroxyl groups excluding tert-OH is 1. The minimum Gasteiger partial charge on any atom is -0.481 e. The summed E-state index contributed by atoms with van der Waals surface area (Å²) in [6.07, 6.45) is -4.74. The van der Waals surface area contributed by atoms with E-state index in [1.54, 1.807) is 30.5 Å². The molecule has 1 fully saturated rings. The highest BCUT2D eigenvalue weighted by molar-refractivity contribution is 6.16. The van der Waals surface area contributed by atoms with Gasteiger partial charge in [-0.25, -0.2) is 4.79 Å². The number of primary amides is 1. The highest BCUT2D eigenvalue weighted by Gasteiger charge is 2.42. The van der Waals surface area contributed by atoms with Crippen LogP contribution >= 0.6 is 0 Å². The molecule has 13 atom stereocenters. The van der Waals surface area contributed by atoms with Crippen molar-refractivity contribution in [1.29, 1.82) is 0 Å². The van der Waals surface area contributed by atoms with E-state index in [1.165, 1.54) is 45.9 Å². The molecule has 1 aliphatic rings. The molecule has 1 aromatic heterocycles. The number of H-pyrrole nitrogens is 1. The largest absolute Gasteiger partial charge is 0.481 e. The van der Waals surface area contributed by atoms with Crippen LogP contribution < -0.4 is 70.4 Å². The maximum Gasteiger partial charge on any atom is 0.373 e. The summed E-state index contributed by atoms with van der Waals surface area (Å²) in [5.74, 6) is -26.9. The number of aliphatic carboxylic acids is 2. The lowest BCUT2D eigenvalue weighted by Gasteiger charge is -2.29. The van der Waals surface area contributed by atoms with E-state index in [4.69, 9.17) is 41.1 Å². The minimum absolute atomic E-state index is 0.00724. The highest BCUT2D eigenvalue weighted by atomic mass is 16.5. The van der Waals surface area contributed by atoms with E-state index < -0.39 is 248 Å². The lowest BCUT2D eigenvalue weighted by Crippen LogP contribution is -2.58. The van der Waals surface area contributed by atoms with Crippen LogP contribution in [0, 0.1) is 23.7 Å². The fraction of sp³-hybridized carbons (Fsp3) is 0.481. The predicted molar refractivity (Wildman–Crippen MR) is 407 cm³/mol. The standard InChI is InChI=1S/C75H100N14O22.2CO2/c1-37(2)44-23-21-43(22-24-44)14-12-20-60(95)84-54(29-45-33-79-50-18-11-9-15-46(45)50)73(108)86-52(31-59(78)94)56(91)27-40(5)69(104)88-65-42(7)111-75(110)66(67(102)47-16-8-10-17-49(47)77)89-71(106)48(38(3)28-63(98)99)30-58(93)55(36-90)85-62(97)34-80-70(105)41(6)82-68(103)39(4)26-57(92)53(32-64(100)101)87-72(107)51(19-13-25-76)83-61(96)35-81-74(65)109;2*2-1-3/h8-11,15-18,21-24,33,37-42,48,51-55,65-66,79,90H,12-14,19-20,25-32,34-36,76-77H2,1-7H3,(H2,78,94)(H,80,105)(H,81,109)(H,82,103)(H,83,96)(H,84,95)(H,85,97)(H,86,108)(H,87,107)(H,88,104)(H,89,106)(H,98,99)(H,100,101);;/t38-,39+,40-,41+,42-,48+,51+,52-,53+,54+,55-,65+,66+;;/m1../s1. The van der Waals surface area contributed by atoms with Crippen molar-refractivity contribution < 1.29 is 126 Å². The van der Waals surface area contributed by atoms with Gasteiger partial charge in [0.15, 0.2) is 29.2 Å². The van der Waals surface area contributed by atoms with Crippen LogP contribution in [0.15, 0.2) is 79.0 Å². The Hall–Kier alpha value is -13.1. The van der Waals surface area contributed by atoms with Gasteiger partial charge < -0.3 is 95.4 Å². The third-order valence-corrected chi connectivity index (χ3v) is 18.5. The Kier molecular flexibility index (Phi) is 41.6. The molecule has 20 N–H and O–H groups in total. The fourth-order valence-electron chi connectivity index (χ4n) is 12.0. The summed E-state index contributed by atoms with van der Waals surface area (Å²) in [6, 6.07) is 5.46. The number of amides is 11. The summed E-state index contributed by atoms with van der Waals surface area (Å²) in [4.78, 5) is 284. The van der Waals surface area contributed by atoms with Crippen molar-refractivity contribution in [3.8, 4) is 0 Å². The number of esters is 1. The Labute approximate surface area is 670 Å². The molecule has 0 spiro atoms. The summed E-state index contributed by atoms with van der Waals surface area (Å²) < 4.78 is 5.72. The second-order valence-electron chi connectivity index (χ2n) is 28.0. The van der Waals surface area contributed by atoms with Crippen LogP contribution in [0.1, 0.15) is 146 Å². The van der Waals surface area contributed by atoms with Crippen molar-refractivity contribution in [1.82, 2.24) is 58.2 Å². The summed E-state index contributed by atoms with van der Waals surface area (Å²) in [6.45, 7) is 6.64. The average molecular weight is 1640 g/mol. The van der Waals surface area contributed by atoms with Crippen LogP contribution in [0.4, 0.5) is 5.69 Å². The van der Waals surface area contributed by atoms with Gasteiger partial charge in [0, 0.05) is 84.6 Å². The number of hydrogen-bond donors (Lipinski definition) is 17. The summed E-state index contributed by atoms with van der Waals surface area (Å²) in [5.41, 5.74) is 20.2. The van der Waals surface area contributed by atoms with Crippen molar-refractivity contribution in [2.45, 2.75) is 186 Å². The van der Waals surface area contributed by atoms with Gasteiger partial charge in [-0.05, 0) is 92.8 Å². The monoisotopic (exact) mass is 1640 g/mol. The van der Waals surface area contributed by atoms with Gasteiger partial charge in [0.05, 0.1) is 44.6 Å². The summed E-state index contributed by atoms with van der Waals surface area (Å²) in [5, 5.41) is 54.0. The number of benzene rings is 3. The molecule has 0 radical (unpaired) electrons. The molecular formula is C77H100N14O26. The number of hydrogen-bond acceptors (Lipinski definition) is 26. The van der Waals surface area contributed by atoms with Crippen LogP contribution in [-0.4, -0.2) is 219 Å². The van der Waals surface area contributed by atoms with Gasteiger partial charge in [0.25, 0.3) is 0 Å². The number of nitrogens with two attached hydrogens (primary N) is 3. The third kappa shape index (κ3) is 33.1. The fourth-order valence-corrected chi connectivity index (χ4v) is 12.0. The quantitative estimate of drug-likeness (QED) is 0.0118. The SMILES string of the molecule is CC(C)c1ccc(CCCC(=O)N[C@@H](Cc2c[nH]c3ccccc23)C(=O)N[C@H](CC(N)=O)C(=O)C[C@@H](C)C(=O)N[C@@H]2C(=O)NCC(=O)N[C@@H](CCCN)C(=O)N[C@@H](CC(=O)O)C(=O)C[C@H](C)C(=O)N[C@@H](C)C(=O)NCC(=O)N[C@H](CO)C(=O)C[C@@H]([C@H](C)CC(=O)O)C(=O)N[C@@H](C(=O)c3ccccc3N)C(=O)O[C@@H]2C)cc1.O=C=O.O=C=O. The average Bonchev–Trinajstić information content (AvgIpc) is 1.57. The van der Waals surface area contributed by atoms with Crippen LogP contribution in [0.25, 0.3) is 10.9 Å². The lowest BCUT2D eigenvalue weighted by molar-refractivity contribution is -0.193. The van der Waals surface area contributed by atoms with Crippen molar-refractivity contribution in [2.75, 3.05) is 32.0 Å². The van der Waals surface area contributed by atoms with Crippen LogP contribution in [0.2, 0.25) is 0 Å². The molecule has 4 aromatic rings. The maximum atomic E-state index is 14.8. The number of ketones is 4. The van der Waals surface area contributed by atoms with Gasteiger partial charge in [-0.3, -0.25) is 81.5 Å². The first-order valence-corrected chi connectivity index (χ1v) is 37.0. The Bertz CT molecular complexity index is 4290. The van der Waals surface area contributed by atoms with E-state index >= 15 is 0 Å². The van der Waals surface area contributed by atoms with E-state index in [2.05, 4.69) is 72.0 Å². The molecule has 1 saturated heterocycles. The van der Waals surface area contributed by atoms with Crippen LogP contribution in [0.3, 0.4) is 0 Å². The number of nitrogen functional groups attached to an aromatic ring is 1. The van der Waals surface area contributed by atoms with E-state index in [1.807, 2.05) is 24.3 Å². The molecule has 40 nitrogen and oxygen atoms in total. The first-order chi connectivity index (χ1) is 55.2. The summed E-state index contributed by atoms with van der Waals surface area (Å²) >= 11 is 0. The molecule has 117 heavy (non-hydrogen) atoms. The number of rotatable bonds is 28. The van der Waals surface area contributed by atoms with E-state index in [0.717, 1.165) is 24.1 Å². The number of anilines is 1. The molecule has 0 saturated carbocycles. The first kappa shape index (κ1) is 98.1. The predicted octanol–water partition coefficient (Wildman–Crippen LogP) is -2.81. The molecule has 0 bridgehead atoms. The number of cyclic esters (lactones) is 1. The molecule has 11 amide bonds. The molecule has 634 valence electrons. The Morgan fingerprint density at radius 2 is 1.23 bits per heavy atom. The first-order valence-electron chi connectivity index (χ1n) is 37.0. The lowest BCUT2D eigenvalue weighted by atomic mass is 9.84. The number of ether oxygens (including phenoxy) is 1. The van der Waals surface area contributed by atoms with Gasteiger partial charge in [0.2, 0.25) is 65.0 Å². The van der Waals surface area contributed by atoms with Gasteiger partial charge in [-0.1, -0.05) is 89.2 Å². The van der Waals surface area contributed by atoms with E-state index in [9.17, 15) is 102 Å². The molecule has 2 heterocycles. The smallest absolute Gasteiger partial charge is 0.373 e. The Morgan fingerprint density at radius 1 is 0.632 bits per heavy atom. The number of carbonyl (C=O) groups is 18. The zero-order chi connectivity index (χ0) is 87.9. The van der Waals surface area contributed by atoms with Gasteiger partial charge in [0.1, 0.15) is 36.3 Å². The van der Waals surface area contributed by atoms with Gasteiger partial charge >= 0.3 is 30.2 Å². The molecule has 0 aliphatic carbocycles. The second kappa shape index (κ2) is 49.5. The summed E-state index contributed by atoms with van der Waals surface area (Å²) in [7, 11) is 0. The Balaban J connectivity index is 0.00000571. The van der Waals surface area contributed by atoms with E-state index in [0.29, 0.717) is 35.2 Å². The van der Waals surface area contributed by atoms with Gasteiger partial charge in [-0.15, -0.1) is 0 Å². The maximum absolute atomic E-state index is 14.8. The number of Topliss-reactive ketones (excluding diaryl/α,β-unsaturated/α-hetero) is 4. The molecular weight excluding hydrogens is 1540 g/mol. The molecule has 5 rings (SSSR count). The number of aryl methyl sites for hydroxylation is 1. The van der Waals surface area contributed by atoms with Gasteiger partial charge in [-0.2, -0.15) is 19.2 Å². The van der Waals surface area contributed by atoms with Crippen molar-refractivity contribution in [2.24, 2.45) is 35.1 Å². The number of carboxylic acid groups (broad SMARTS) is 2. The number of nitrogens with one attached hydrogen (secondary N) is 11. The van der Waals surface area contributed by atoms with Crippen LogP contribution in [0.5, 0.6) is 0 Å². The second-order valence-corrected chi connectivity index (χ2v) is 28.0. The number of aliphatic hydroxyl groups is 1. The number of carboxylic acids is 2. The molecule has 3 aromatic carbocycles. The number of aromatic nitrogens is 1. The highest BCUT2D eigenvalue weighted by Crippen LogP contribution is 2.25. The van der Waals surface area contributed by atoms with Crippen molar-refractivity contribution in [3.63, 3.8) is 0 Å². The molecule has 0 unspecified atom stereocenters. The molecule has 1 aliphatic heterocycles. The number of carbonyl (C=O) groups excluding carboxylic acids is 20. The van der Waals surface area contributed by atoms with E-state index in [-0.39, 0.29) is 50.2 Å². The van der Waals surface area contributed by atoms with Crippen molar-refractivity contribution in [3.05, 3.63) is 101 Å². The number of aromatic amines is 1. The zero-order valence-electron chi connectivity index (χ0n) is 65.4. The normalized spacial score (nSPS) is 20.8. The Morgan fingerprint density at radius 3 is 1.82 bits per heavy atom. The van der Waals surface area contributed by atoms with Crippen molar-refractivity contribution >= 4 is 135 Å². The topological polar surface area (TPSA) is 660 Å². The third-order valence-electron chi connectivity index (χ3n) is 18.5. The number of para-hydroxylation sites is 2. The van der Waals surface area contributed by atoms with Crippen LogP contribution in [-0.2, 0) is 118 Å². The number of fused-ring (bicyclic) bond motifs is 1.